The number of carbonyl (C=O) groups excluding carboxylic acids is 1. The number of rotatable bonds is 7. The maximum absolute atomic E-state index is 13.5. The Bertz CT molecular complexity index is 923. The van der Waals surface area contributed by atoms with Crippen molar-refractivity contribution in [1.82, 2.24) is 19.9 Å². The molecule has 1 aliphatic carbocycles. The molecular weight excluding hydrogens is 429 g/mol. The Kier molecular flexibility index (Phi) is 6.45. The number of nitrogens with zero attached hydrogens (tertiary/aromatic N) is 4. The highest BCUT2D eigenvalue weighted by atomic mass is 32.1. The molecule has 6 nitrogen and oxygen atoms in total. The molecular formula is C21H25F3N4O2S. The molecule has 0 atom stereocenters. The number of hydrogen-bond acceptors (Lipinski definition) is 6. The van der Waals surface area contributed by atoms with Crippen LogP contribution in [0.5, 0.6) is 5.88 Å². The first kappa shape index (κ1) is 22.0. The number of halogens is 3. The predicted octanol–water partition coefficient (Wildman–Crippen LogP) is 4.44. The number of thiazole rings is 1. The van der Waals surface area contributed by atoms with E-state index in [0.717, 1.165) is 0 Å². The van der Waals surface area contributed by atoms with Crippen LogP contribution in [0.4, 0.5) is 13.2 Å². The minimum absolute atomic E-state index is 0.0829. The summed E-state index contributed by atoms with van der Waals surface area (Å²) in [5.74, 6) is -1.66. The number of alkyl halides is 3. The summed E-state index contributed by atoms with van der Waals surface area (Å²) < 4.78 is 45.9. The molecule has 1 saturated heterocycles. The van der Waals surface area contributed by atoms with Crippen molar-refractivity contribution in [3.05, 3.63) is 22.8 Å². The van der Waals surface area contributed by atoms with E-state index >= 15 is 0 Å². The van der Waals surface area contributed by atoms with Crippen molar-refractivity contribution in [2.75, 3.05) is 13.1 Å². The molecule has 0 N–H and O–H groups in total. The molecule has 2 aromatic rings. The molecule has 4 rings (SSSR count). The SMILES string of the molecule is CCC(=O)N1CC(Oc2cc(CC3CCC(F)(F)CC3)nc(-c3nc(CF)cs3)n2)C1. The lowest BCUT2D eigenvalue weighted by Gasteiger charge is -2.38. The van der Waals surface area contributed by atoms with Gasteiger partial charge in [0.15, 0.2) is 10.8 Å². The summed E-state index contributed by atoms with van der Waals surface area (Å²) in [6.07, 6.45) is 1.54. The summed E-state index contributed by atoms with van der Waals surface area (Å²) in [5.41, 5.74) is 1.02. The van der Waals surface area contributed by atoms with E-state index in [1.807, 2.05) is 6.92 Å². The van der Waals surface area contributed by atoms with Crippen molar-refractivity contribution >= 4 is 17.2 Å². The van der Waals surface area contributed by atoms with Crippen LogP contribution in [0, 0.1) is 5.92 Å². The normalized spacial score (nSPS) is 19.3. The summed E-state index contributed by atoms with van der Waals surface area (Å²) in [6.45, 7) is 2.16. The van der Waals surface area contributed by atoms with Crippen molar-refractivity contribution in [3.63, 3.8) is 0 Å². The fourth-order valence-corrected chi connectivity index (χ4v) is 4.64. The number of hydrogen-bond donors (Lipinski definition) is 0. The van der Waals surface area contributed by atoms with Crippen LogP contribution in [0.1, 0.15) is 50.4 Å². The fourth-order valence-electron chi connectivity index (χ4n) is 3.91. The summed E-state index contributed by atoms with van der Waals surface area (Å²) in [4.78, 5) is 26.7. The van der Waals surface area contributed by atoms with E-state index in [9.17, 15) is 18.0 Å². The van der Waals surface area contributed by atoms with Crippen LogP contribution >= 0.6 is 11.3 Å². The highest BCUT2D eigenvalue weighted by Gasteiger charge is 2.35. The zero-order chi connectivity index (χ0) is 22.0. The molecule has 3 heterocycles. The summed E-state index contributed by atoms with van der Waals surface area (Å²) in [5, 5.41) is 2.11. The monoisotopic (exact) mass is 454 g/mol. The molecule has 168 valence electrons. The van der Waals surface area contributed by atoms with Gasteiger partial charge in [-0.25, -0.2) is 23.1 Å². The standard InChI is InChI=1S/C21H25F3N4O2S/c1-2-18(29)28-10-16(11-28)30-17-8-14(7-13-3-5-21(23,24)6-4-13)25-19(27-17)20-26-15(9-22)12-31-20/h8,12-13,16H,2-7,9-11H2,1H3. The van der Waals surface area contributed by atoms with E-state index < -0.39 is 12.6 Å². The van der Waals surface area contributed by atoms with Crippen molar-refractivity contribution in [2.24, 2.45) is 5.92 Å². The maximum Gasteiger partial charge on any atom is 0.248 e. The number of amides is 1. The Morgan fingerprint density at radius 1 is 1.23 bits per heavy atom. The molecule has 2 aromatic heterocycles. The Balaban J connectivity index is 1.50. The van der Waals surface area contributed by atoms with Gasteiger partial charge in [-0.15, -0.1) is 11.3 Å². The van der Waals surface area contributed by atoms with Crippen LogP contribution in [-0.2, 0) is 17.9 Å². The number of aromatic nitrogens is 3. The van der Waals surface area contributed by atoms with Gasteiger partial charge in [0, 0.05) is 36.4 Å². The van der Waals surface area contributed by atoms with E-state index in [1.165, 1.54) is 11.3 Å². The molecule has 0 aromatic carbocycles. The molecule has 2 aliphatic rings. The summed E-state index contributed by atoms with van der Waals surface area (Å²) in [7, 11) is 0. The zero-order valence-corrected chi connectivity index (χ0v) is 18.1. The van der Waals surface area contributed by atoms with Crippen LogP contribution in [-0.4, -0.2) is 50.9 Å². The minimum Gasteiger partial charge on any atom is -0.470 e. The van der Waals surface area contributed by atoms with Gasteiger partial charge < -0.3 is 9.64 Å². The third-order valence-corrected chi connectivity index (χ3v) is 6.65. The minimum atomic E-state index is -2.57. The first-order chi connectivity index (χ1) is 14.8. The molecule has 2 fully saturated rings. The van der Waals surface area contributed by atoms with Gasteiger partial charge in [-0.05, 0) is 25.2 Å². The maximum atomic E-state index is 13.5. The third-order valence-electron chi connectivity index (χ3n) is 5.76. The van der Waals surface area contributed by atoms with Gasteiger partial charge >= 0.3 is 0 Å². The topological polar surface area (TPSA) is 68.2 Å². The first-order valence-corrected chi connectivity index (χ1v) is 11.4. The van der Waals surface area contributed by atoms with Crippen LogP contribution < -0.4 is 4.74 Å². The third kappa shape index (κ3) is 5.34. The smallest absolute Gasteiger partial charge is 0.248 e. The van der Waals surface area contributed by atoms with Gasteiger partial charge in [-0.3, -0.25) is 4.79 Å². The Hall–Kier alpha value is -2.23. The van der Waals surface area contributed by atoms with Crippen molar-refractivity contribution in [1.29, 1.82) is 0 Å². The summed E-state index contributed by atoms with van der Waals surface area (Å²) in [6, 6.07) is 1.74. The highest BCUT2D eigenvalue weighted by Crippen LogP contribution is 2.37. The average Bonchev–Trinajstić information content (AvgIpc) is 3.21. The van der Waals surface area contributed by atoms with Gasteiger partial charge in [0.25, 0.3) is 0 Å². The van der Waals surface area contributed by atoms with Crippen molar-refractivity contribution < 1.29 is 22.7 Å². The van der Waals surface area contributed by atoms with E-state index in [1.54, 1.807) is 16.3 Å². The number of likely N-dealkylation sites (tertiary alicyclic amines) is 1. The Labute approximate surface area is 182 Å². The zero-order valence-electron chi connectivity index (χ0n) is 17.3. The lowest BCUT2D eigenvalue weighted by molar-refractivity contribution is -0.139. The van der Waals surface area contributed by atoms with Gasteiger partial charge in [-0.1, -0.05) is 6.92 Å². The van der Waals surface area contributed by atoms with Crippen LogP contribution in [0.25, 0.3) is 10.8 Å². The lowest BCUT2D eigenvalue weighted by atomic mass is 9.84. The van der Waals surface area contributed by atoms with Crippen LogP contribution in [0.15, 0.2) is 11.4 Å². The van der Waals surface area contributed by atoms with E-state index in [0.29, 0.717) is 66.9 Å². The van der Waals surface area contributed by atoms with Gasteiger partial charge in [0.1, 0.15) is 12.8 Å². The van der Waals surface area contributed by atoms with Crippen LogP contribution in [0.3, 0.4) is 0 Å². The molecule has 1 aliphatic heterocycles. The van der Waals surface area contributed by atoms with E-state index in [2.05, 4.69) is 15.0 Å². The lowest BCUT2D eigenvalue weighted by Crippen LogP contribution is -2.56. The molecule has 1 saturated carbocycles. The molecule has 1 amide bonds. The summed E-state index contributed by atoms with van der Waals surface area (Å²) >= 11 is 1.25. The fraction of sp³-hybridized carbons (Fsp3) is 0.619. The molecule has 0 spiro atoms. The predicted molar refractivity (Wildman–Crippen MR) is 110 cm³/mol. The van der Waals surface area contributed by atoms with E-state index in [-0.39, 0.29) is 30.8 Å². The number of carbonyl (C=O) groups is 1. The van der Waals surface area contributed by atoms with Crippen molar-refractivity contribution in [3.8, 4) is 16.7 Å². The van der Waals surface area contributed by atoms with Gasteiger partial charge in [-0.2, -0.15) is 4.98 Å². The molecule has 0 bridgehead atoms. The molecule has 0 unspecified atom stereocenters. The first-order valence-electron chi connectivity index (χ1n) is 10.6. The van der Waals surface area contributed by atoms with Crippen LogP contribution in [0.2, 0.25) is 0 Å². The number of ether oxygens (including phenoxy) is 1. The molecule has 10 heteroatoms. The highest BCUT2D eigenvalue weighted by molar-refractivity contribution is 7.13. The molecule has 0 radical (unpaired) electrons. The Morgan fingerprint density at radius 3 is 2.61 bits per heavy atom. The van der Waals surface area contributed by atoms with Gasteiger partial charge in [0.2, 0.25) is 17.7 Å². The quantitative estimate of drug-likeness (QED) is 0.619. The van der Waals surface area contributed by atoms with E-state index in [4.69, 9.17) is 4.74 Å². The Morgan fingerprint density at radius 2 is 1.97 bits per heavy atom. The average molecular weight is 455 g/mol. The van der Waals surface area contributed by atoms with Gasteiger partial charge in [0.05, 0.1) is 18.8 Å². The molecule has 31 heavy (non-hydrogen) atoms. The second kappa shape index (κ2) is 9.10. The second-order valence-corrected chi connectivity index (χ2v) is 9.05. The second-order valence-electron chi connectivity index (χ2n) is 8.19. The largest absolute Gasteiger partial charge is 0.470 e. The van der Waals surface area contributed by atoms with Crippen molar-refractivity contribution in [2.45, 2.75) is 64.1 Å².